The van der Waals surface area contributed by atoms with Gasteiger partial charge >= 0.3 is 6.03 Å². The van der Waals surface area contributed by atoms with Gasteiger partial charge in [0.25, 0.3) is 0 Å². The molecule has 0 aliphatic rings. The van der Waals surface area contributed by atoms with Crippen LogP contribution >= 0.6 is 15.9 Å². The molecule has 0 saturated heterocycles. The molecule has 0 bridgehead atoms. The zero-order chi connectivity index (χ0) is 17.1. The van der Waals surface area contributed by atoms with E-state index in [0.717, 1.165) is 16.5 Å². The van der Waals surface area contributed by atoms with Crippen molar-refractivity contribution in [3.63, 3.8) is 0 Å². The Morgan fingerprint density at radius 3 is 2.88 bits per heavy atom. The Labute approximate surface area is 147 Å². The van der Waals surface area contributed by atoms with Crippen molar-refractivity contribution in [1.82, 2.24) is 10.3 Å². The molecule has 3 rings (SSSR count). The number of hydrogen-bond acceptors (Lipinski definition) is 2. The van der Waals surface area contributed by atoms with Crippen molar-refractivity contribution in [2.45, 2.75) is 13.5 Å². The Bertz CT molecular complexity index is 914. The second-order valence-corrected chi connectivity index (χ2v) is 6.26. The molecule has 0 saturated carbocycles. The molecule has 0 radical (unpaired) electrons. The van der Waals surface area contributed by atoms with Gasteiger partial charge in [-0.2, -0.15) is 0 Å². The van der Waals surface area contributed by atoms with Gasteiger partial charge in [-0.3, -0.25) is 4.98 Å². The molecule has 4 nitrogen and oxygen atoms in total. The van der Waals surface area contributed by atoms with Gasteiger partial charge < -0.3 is 10.6 Å². The van der Waals surface area contributed by atoms with Gasteiger partial charge in [-0.15, -0.1) is 0 Å². The van der Waals surface area contributed by atoms with E-state index < -0.39 is 0 Å². The van der Waals surface area contributed by atoms with Crippen LogP contribution in [0.1, 0.15) is 11.3 Å². The molecule has 0 atom stereocenters. The minimum absolute atomic E-state index is 0.237. The van der Waals surface area contributed by atoms with E-state index in [9.17, 15) is 9.18 Å². The summed E-state index contributed by atoms with van der Waals surface area (Å²) in [5, 5.41) is 7.43. The molecule has 2 amide bonds. The maximum Gasteiger partial charge on any atom is 0.319 e. The summed E-state index contributed by atoms with van der Waals surface area (Å²) in [6.45, 7) is 2.14. The van der Waals surface area contributed by atoms with Crippen LogP contribution in [0.5, 0.6) is 0 Å². The van der Waals surface area contributed by atoms with Gasteiger partial charge in [0.1, 0.15) is 5.82 Å². The van der Waals surface area contributed by atoms with E-state index in [1.165, 1.54) is 6.07 Å². The van der Waals surface area contributed by atoms with Crippen LogP contribution in [0.15, 0.2) is 53.1 Å². The Kier molecular flexibility index (Phi) is 4.76. The zero-order valence-corrected chi connectivity index (χ0v) is 14.5. The van der Waals surface area contributed by atoms with E-state index in [1.54, 1.807) is 18.3 Å². The number of aryl methyl sites for hydroxylation is 1. The molecule has 0 aliphatic heterocycles. The number of pyridine rings is 1. The molecule has 122 valence electrons. The van der Waals surface area contributed by atoms with Crippen LogP contribution in [0.4, 0.5) is 14.9 Å². The van der Waals surface area contributed by atoms with Crippen LogP contribution in [-0.2, 0) is 6.54 Å². The summed E-state index contributed by atoms with van der Waals surface area (Å²) >= 11 is 3.10. The maximum atomic E-state index is 13.5. The van der Waals surface area contributed by atoms with Crippen LogP contribution in [0.3, 0.4) is 0 Å². The number of urea groups is 1. The monoisotopic (exact) mass is 387 g/mol. The quantitative estimate of drug-likeness (QED) is 0.680. The third-order valence-corrected chi connectivity index (χ3v) is 4.23. The number of nitrogens with one attached hydrogen (secondary N) is 2. The summed E-state index contributed by atoms with van der Waals surface area (Å²) < 4.78 is 13.9. The lowest BCUT2D eigenvalue weighted by Crippen LogP contribution is -2.28. The molecule has 1 heterocycles. The molecule has 0 fully saturated rings. The SMILES string of the molecule is Cc1cc2c(NC(=O)NCc3ccc(Br)c(F)c3)cccc2cn1. The predicted molar refractivity (Wildman–Crippen MR) is 96.4 cm³/mol. The van der Waals surface area contributed by atoms with E-state index >= 15 is 0 Å². The molecule has 1 aromatic heterocycles. The molecular weight excluding hydrogens is 373 g/mol. The van der Waals surface area contributed by atoms with Gasteiger partial charge in [-0.1, -0.05) is 18.2 Å². The molecule has 2 aromatic carbocycles. The second kappa shape index (κ2) is 6.97. The first-order chi connectivity index (χ1) is 11.5. The molecule has 0 spiro atoms. The molecule has 2 N–H and O–H groups in total. The Hall–Kier alpha value is -2.47. The number of nitrogens with zero attached hydrogens (tertiary/aromatic N) is 1. The second-order valence-electron chi connectivity index (χ2n) is 5.41. The van der Waals surface area contributed by atoms with Crippen molar-refractivity contribution in [3.8, 4) is 0 Å². The maximum absolute atomic E-state index is 13.5. The van der Waals surface area contributed by atoms with Crippen molar-refractivity contribution in [2.24, 2.45) is 0 Å². The number of rotatable bonds is 3. The van der Waals surface area contributed by atoms with Gasteiger partial charge in [-0.05, 0) is 52.7 Å². The highest BCUT2D eigenvalue weighted by atomic mass is 79.9. The standard InChI is InChI=1S/C18H15BrFN3O/c1-11-7-14-13(10-21-11)3-2-4-17(14)23-18(24)22-9-12-5-6-15(19)16(20)8-12/h2-8,10H,9H2,1H3,(H2,22,23,24). The molecule has 0 unspecified atom stereocenters. The van der Waals surface area contributed by atoms with Crippen LogP contribution in [-0.4, -0.2) is 11.0 Å². The van der Waals surface area contributed by atoms with Gasteiger partial charge in [-0.25, -0.2) is 9.18 Å². The highest BCUT2D eigenvalue weighted by Gasteiger charge is 2.07. The number of amides is 2. The van der Waals surface area contributed by atoms with Crippen LogP contribution in [0, 0.1) is 12.7 Å². The highest BCUT2D eigenvalue weighted by molar-refractivity contribution is 9.10. The average Bonchev–Trinajstić information content (AvgIpc) is 2.56. The largest absolute Gasteiger partial charge is 0.334 e. The summed E-state index contributed by atoms with van der Waals surface area (Å²) in [5.41, 5.74) is 2.27. The Balaban J connectivity index is 1.71. The average molecular weight is 388 g/mol. The van der Waals surface area contributed by atoms with Crippen molar-refractivity contribution in [2.75, 3.05) is 5.32 Å². The van der Waals surface area contributed by atoms with E-state index in [4.69, 9.17) is 0 Å². The van der Waals surface area contributed by atoms with Crippen molar-refractivity contribution < 1.29 is 9.18 Å². The predicted octanol–water partition coefficient (Wildman–Crippen LogP) is 4.77. The molecular formula is C18H15BrFN3O. The molecule has 6 heteroatoms. The Morgan fingerprint density at radius 2 is 2.08 bits per heavy atom. The number of hydrogen-bond donors (Lipinski definition) is 2. The van der Waals surface area contributed by atoms with E-state index in [-0.39, 0.29) is 18.4 Å². The summed E-state index contributed by atoms with van der Waals surface area (Å²) in [6.07, 6.45) is 1.78. The third kappa shape index (κ3) is 3.71. The molecule has 0 aliphatic carbocycles. The number of carbonyl (C=O) groups excluding carboxylic acids is 1. The normalized spacial score (nSPS) is 10.6. The zero-order valence-electron chi connectivity index (χ0n) is 12.9. The number of anilines is 1. The fraction of sp³-hybridized carbons (Fsp3) is 0.111. The lowest BCUT2D eigenvalue weighted by Gasteiger charge is -2.11. The minimum Gasteiger partial charge on any atom is -0.334 e. The van der Waals surface area contributed by atoms with Gasteiger partial charge in [0.2, 0.25) is 0 Å². The molecule has 24 heavy (non-hydrogen) atoms. The molecule has 3 aromatic rings. The minimum atomic E-state index is -0.355. The fourth-order valence-corrected chi connectivity index (χ4v) is 2.63. The van der Waals surface area contributed by atoms with Crippen LogP contribution in [0.2, 0.25) is 0 Å². The lowest BCUT2D eigenvalue weighted by atomic mass is 10.1. The third-order valence-electron chi connectivity index (χ3n) is 3.59. The van der Waals surface area contributed by atoms with Crippen molar-refractivity contribution in [1.29, 1.82) is 0 Å². The summed E-state index contributed by atoms with van der Waals surface area (Å²) in [5.74, 6) is -0.355. The van der Waals surface area contributed by atoms with Gasteiger partial charge in [0, 0.05) is 29.2 Å². The van der Waals surface area contributed by atoms with Crippen molar-refractivity contribution in [3.05, 3.63) is 70.2 Å². The van der Waals surface area contributed by atoms with Crippen molar-refractivity contribution >= 4 is 38.4 Å². The fourth-order valence-electron chi connectivity index (χ4n) is 2.38. The number of aromatic nitrogens is 1. The Morgan fingerprint density at radius 1 is 1.25 bits per heavy atom. The number of halogens is 2. The van der Waals surface area contributed by atoms with Crippen LogP contribution in [0.25, 0.3) is 10.8 Å². The summed E-state index contributed by atoms with van der Waals surface area (Å²) in [6, 6.07) is 12.0. The first-order valence-corrected chi connectivity index (χ1v) is 8.16. The first-order valence-electron chi connectivity index (χ1n) is 7.37. The smallest absolute Gasteiger partial charge is 0.319 e. The first kappa shape index (κ1) is 16.4. The topological polar surface area (TPSA) is 54.0 Å². The van der Waals surface area contributed by atoms with Crippen LogP contribution < -0.4 is 10.6 Å². The highest BCUT2D eigenvalue weighted by Crippen LogP contribution is 2.23. The number of benzene rings is 2. The number of carbonyl (C=O) groups is 1. The summed E-state index contributed by atoms with van der Waals surface area (Å²) in [4.78, 5) is 16.4. The van der Waals surface area contributed by atoms with E-state index in [0.29, 0.717) is 15.7 Å². The van der Waals surface area contributed by atoms with E-state index in [1.807, 2.05) is 31.2 Å². The van der Waals surface area contributed by atoms with E-state index in [2.05, 4.69) is 31.5 Å². The van der Waals surface area contributed by atoms with Gasteiger partial charge in [0.15, 0.2) is 0 Å². The lowest BCUT2D eigenvalue weighted by molar-refractivity contribution is 0.251. The summed E-state index contributed by atoms with van der Waals surface area (Å²) in [7, 11) is 0. The van der Waals surface area contributed by atoms with Gasteiger partial charge in [0.05, 0.1) is 10.2 Å². The number of fused-ring (bicyclic) bond motifs is 1.